The van der Waals surface area contributed by atoms with Crippen LogP contribution < -0.4 is 15.5 Å². The molecular weight excluding hydrogens is 480 g/mol. The highest BCUT2D eigenvalue weighted by Gasteiger charge is 2.30. The Bertz CT molecular complexity index is 1310. The molecule has 192 valence electrons. The van der Waals surface area contributed by atoms with Crippen LogP contribution in [0, 0.1) is 13.8 Å². The average molecular weight is 515 g/mol. The lowest BCUT2D eigenvalue weighted by molar-refractivity contribution is -0.116. The smallest absolute Gasteiger partial charge is 0.254 e. The minimum Gasteiger partial charge on any atom is -0.371 e. The van der Waals surface area contributed by atoms with Crippen LogP contribution >= 0.6 is 11.8 Å². The van der Waals surface area contributed by atoms with Gasteiger partial charge in [0.15, 0.2) is 0 Å². The Morgan fingerprint density at radius 3 is 2.62 bits per heavy atom. The molecule has 6 nitrogen and oxygen atoms in total. The number of hydrogen-bond donors (Lipinski definition) is 2. The third kappa shape index (κ3) is 5.62. The van der Waals surface area contributed by atoms with Crippen LogP contribution in [0.5, 0.6) is 0 Å². The van der Waals surface area contributed by atoms with Crippen LogP contribution in [0.4, 0.5) is 17.1 Å². The predicted molar refractivity (Wildman–Crippen MR) is 154 cm³/mol. The zero-order valence-electron chi connectivity index (χ0n) is 21.7. The lowest BCUT2D eigenvalue weighted by Gasteiger charge is -2.41. The molecule has 3 aromatic rings. The quantitative estimate of drug-likeness (QED) is 0.466. The maximum Gasteiger partial charge on any atom is 0.254 e. The second-order valence-electron chi connectivity index (χ2n) is 10.0. The van der Waals surface area contributed by atoms with E-state index in [0.29, 0.717) is 30.1 Å². The number of hydrogen-bond acceptors (Lipinski definition) is 5. The number of fused-ring (bicyclic) bond motifs is 1. The van der Waals surface area contributed by atoms with E-state index in [9.17, 15) is 9.59 Å². The van der Waals surface area contributed by atoms with E-state index < -0.39 is 0 Å². The number of anilines is 3. The number of thioether (sulfide) groups is 1. The van der Waals surface area contributed by atoms with Crippen molar-refractivity contribution in [3.8, 4) is 0 Å². The van der Waals surface area contributed by atoms with Gasteiger partial charge in [-0.2, -0.15) is 11.8 Å². The normalized spacial score (nSPS) is 19.2. The van der Waals surface area contributed by atoms with E-state index in [0.717, 1.165) is 18.0 Å². The van der Waals surface area contributed by atoms with E-state index in [1.165, 1.54) is 22.4 Å². The van der Waals surface area contributed by atoms with E-state index >= 15 is 0 Å². The van der Waals surface area contributed by atoms with E-state index in [2.05, 4.69) is 72.7 Å². The molecule has 0 spiro atoms. The van der Waals surface area contributed by atoms with E-state index in [-0.39, 0.29) is 23.9 Å². The topological polar surface area (TPSA) is 64.7 Å². The molecule has 2 heterocycles. The number of nitrogens with one attached hydrogen (secondary N) is 2. The van der Waals surface area contributed by atoms with Crippen molar-refractivity contribution in [3.63, 3.8) is 0 Å². The SMILES string of the molecule is Cc1cccc(N2CCN(C(=O)c3ccc4c(c3)NC(=O)C(CSCc3ccccc3C)N4)CC2C)c1. The summed E-state index contributed by atoms with van der Waals surface area (Å²) in [7, 11) is 0. The Morgan fingerprint density at radius 1 is 1.00 bits per heavy atom. The first kappa shape index (κ1) is 25.2. The summed E-state index contributed by atoms with van der Waals surface area (Å²) in [6.45, 7) is 8.50. The van der Waals surface area contributed by atoms with Crippen molar-refractivity contribution in [1.82, 2.24) is 4.90 Å². The minimum absolute atomic E-state index is 0.00343. The van der Waals surface area contributed by atoms with Gasteiger partial charge in [-0.05, 0) is 67.8 Å². The summed E-state index contributed by atoms with van der Waals surface area (Å²) in [5, 5.41) is 6.38. The fourth-order valence-corrected chi connectivity index (χ4v) is 6.20. The van der Waals surface area contributed by atoms with Gasteiger partial charge in [0, 0.05) is 48.4 Å². The average Bonchev–Trinajstić information content (AvgIpc) is 2.89. The van der Waals surface area contributed by atoms with Gasteiger partial charge in [-0.3, -0.25) is 9.59 Å². The number of nitrogens with zero attached hydrogens (tertiary/aromatic N) is 2. The summed E-state index contributed by atoms with van der Waals surface area (Å²) in [4.78, 5) is 30.4. The summed E-state index contributed by atoms with van der Waals surface area (Å²) < 4.78 is 0. The van der Waals surface area contributed by atoms with Crippen LogP contribution in [0.2, 0.25) is 0 Å². The van der Waals surface area contributed by atoms with Crippen molar-refractivity contribution in [3.05, 3.63) is 89.0 Å². The Hall–Kier alpha value is -3.45. The fourth-order valence-electron chi connectivity index (χ4n) is 5.07. The largest absolute Gasteiger partial charge is 0.371 e. The summed E-state index contributed by atoms with van der Waals surface area (Å²) in [5.41, 5.74) is 7.13. The predicted octanol–water partition coefficient (Wildman–Crippen LogP) is 5.32. The molecule has 0 saturated carbocycles. The van der Waals surface area contributed by atoms with Crippen molar-refractivity contribution in [1.29, 1.82) is 0 Å². The van der Waals surface area contributed by atoms with Gasteiger partial charge < -0.3 is 20.4 Å². The third-order valence-electron chi connectivity index (χ3n) is 7.22. The van der Waals surface area contributed by atoms with Gasteiger partial charge in [-0.1, -0.05) is 36.4 Å². The van der Waals surface area contributed by atoms with Gasteiger partial charge in [0.2, 0.25) is 5.91 Å². The maximum atomic E-state index is 13.3. The van der Waals surface area contributed by atoms with Crippen LogP contribution in [-0.2, 0) is 10.5 Å². The monoisotopic (exact) mass is 514 g/mol. The summed E-state index contributed by atoms with van der Waals surface area (Å²) in [6.07, 6.45) is 0. The van der Waals surface area contributed by atoms with Crippen LogP contribution in [0.3, 0.4) is 0 Å². The van der Waals surface area contributed by atoms with Crippen molar-refractivity contribution >= 4 is 40.6 Å². The number of piperazine rings is 1. The fraction of sp³-hybridized carbons (Fsp3) is 0.333. The Kier molecular flexibility index (Phi) is 7.42. The Labute approximate surface area is 223 Å². The van der Waals surface area contributed by atoms with Gasteiger partial charge in [0.1, 0.15) is 6.04 Å². The molecule has 37 heavy (non-hydrogen) atoms. The van der Waals surface area contributed by atoms with Crippen molar-refractivity contribution in [2.24, 2.45) is 0 Å². The highest BCUT2D eigenvalue weighted by atomic mass is 32.2. The summed E-state index contributed by atoms with van der Waals surface area (Å²) >= 11 is 1.74. The minimum atomic E-state index is -0.307. The molecule has 2 unspecified atom stereocenters. The van der Waals surface area contributed by atoms with Crippen LogP contribution in [0.25, 0.3) is 0 Å². The third-order valence-corrected chi connectivity index (χ3v) is 8.31. The number of carbonyl (C=O) groups is 2. The van der Waals surface area contributed by atoms with Gasteiger partial charge in [-0.15, -0.1) is 0 Å². The summed E-state index contributed by atoms with van der Waals surface area (Å²) in [5.74, 6) is 1.48. The van der Waals surface area contributed by atoms with Crippen molar-refractivity contribution in [2.45, 2.75) is 38.6 Å². The van der Waals surface area contributed by atoms with E-state index in [1.54, 1.807) is 17.8 Å². The lowest BCUT2D eigenvalue weighted by Crippen LogP contribution is -2.53. The van der Waals surface area contributed by atoms with E-state index in [1.807, 2.05) is 29.2 Å². The Balaban J connectivity index is 1.19. The zero-order valence-corrected chi connectivity index (χ0v) is 22.5. The molecule has 1 saturated heterocycles. The first-order valence-corrected chi connectivity index (χ1v) is 14.0. The first-order valence-electron chi connectivity index (χ1n) is 12.9. The first-order chi connectivity index (χ1) is 17.9. The molecule has 0 aromatic heterocycles. The van der Waals surface area contributed by atoms with Gasteiger partial charge >= 0.3 is 0 Å². The highest BCUT2D eigenvalue weighted by molar-refractivity contribution is 7.98. The number of carbonyl (C=O) groups excluding carboxylic acids is 2. The molecule has 0 aliphatic carbocycles. The number of amides is 2. The molecule has 2 N–H and O–H groups in total. The molecule has 3 aromatic carbocycles. The van der Waals surface area contributed by atoms with Crippen LogP contribution in [0.15, 0.2) is 66.7 Å². The highest BCUT2D eigenvalue weighted by Crippen LogP contribution is 2.30. The standard InChI is InChI=1S/C30H34N4O2S/c1-20-7-6-10-25(15-20)34-14-13-33(17-22(34)3)30(36)23-11-12-26-27(16-23)32-29(35)28(31-26)19-37-18-24-9-5-4-8-21(24)2/h4-12,15-16,22,28,31H,13-14,17-19H2,1-3H3,(H,32,35). The lowest BCUT2D eigenvalue weighted by atomic mass is 10.1. The molecule has 0 bridgehead atoms. The molecule has 2 atom stereocenters. The Morgan fingerprint density at radius 2 is 1.84 bits per heavy atom. The van der Waals surface area contributed by atoms with Crippen molar-refractivity contribution < 1.29 is 9.59 Å². The van der Waals surface area contributed by atoms with Gasteiger partial charge in [-0.25, -0.2) is 0 Å². The number of aryl methyl sites for hydroxylation is 2. The van der Waals surface area contributed by atoms with Crippen LogP contribution in [-0.4, -0.2) is 54.2 Å². The maximum absolute atomic E-state index is 13.3. The molecule has 1 fully saturated rings. The molecule has 2 aliphatic rings. The van der Waals surface area contributed by atoms with Gasteiger partial charge in [0.25, 0.3) is 5.91 Å². The molecule has 7 heteroatoms. The zero-order chi connectivity index (χ0) is 25.9. The second kappa shape index (κ2) is 10.9. The number of benzene rings is 3. The second-order valence-corrected chi connectivity index (χ2v) is 11.1. The molecule has 2 amide bonds. The molecule has 5 rings (SSSR count). The molecule has 0 radical (unpaired) electrons. The van der Waals surface area contributed by atoms with Gasteiger partial charge in [0.05, 0.1) is 11.4 Å². The van der Waals surface area contributed by atoms with Crippen molar-refractivity contribution in [2.75, 3.05) is 40.9 Å². The van der Waals surface area contributed by atoms with E-state index in [4.69, 9.17) is 0 Å². The molecule has 2 aliphatic heterocycles. The number of rotatable bonds is 6. The van der Waals surface area contributed by atoms with Crippen LogP contribution in [0.1, 0.15) is 34.0 Å². The molecular formula is C30H34N4O2S. The summed E-state index contributed by atoms with van der Waals surface area (Å²) in [6, 6.07) is 22.3.